The molecule has 1 aliphatic heterocycles. The van der Waals surface area contributed by atoms with Gasteiger partial charge >= 0.3 is 11.9 Å². The summed E-state index contributed by atoms with van der Waals surface area (Å²) < 4.78 is 20.8. The van der Waals surface area contributed by atoms with E-state index in [1.165, 1.54) is 31.4 Å². The predicted octanol–water partition coefficient (Wildman–Crippen LogP) is 4.53. The maximum absolute atomic E-state index is 12.9. The molecule has 0 aliphatic carbocycles. The van der Waals surface area contributed by atoms with E-state index in [2.05, 4.69) is 5.32 Å². The number of esters is 2. The van der Waals surface area contributed by atoms with Gasteiger partial charge < -0.3 is 24.3 Å². The molecule has 0 radical (unpaired) electrons. The molecule has 2 aromatic carbocycles. The van der Waals surface area contributed by atoms with Crippen molar-refractivity contribution in [3.8, 4) is 11.5 Å². The van der Waals surface area contributed by atoms with Crippen LogP contribution < -0.4 is 14.8 Å². The molecule has 1 N–H and O–H groups in total. The summed E-state index contributed by atoms with van der Waals surface area (Å²) >= 11 is 6.72. The molecule has 11 nitrogen and oxygen atoms in total. The summed E-state index contributed by atoms with van der Waals surface area (Å²) in [4.78, 5) is 62.7. The van der Waals surface area contributed by atoms with Crippen molar-refractivity contribution in [1.29, 1.82) is 0 Å². The second-order valence-corrected chi connectivity index (χ2v) is 9.87. The van der Waals surface area contributed by atoms with Crippen molar-refractivity contribution in [2.75, 3.05) is 32.2 Å². The number of imide groups is 1. The molecule has 3 amide bonds. The lowest BCUT2D eigenvalue weighted by molar-refractivity contribution is -0.149. The molecular formula is C27H27ClN2O9S. The van der Waals surface area contributed by atoms with Gasteiger partial charge in [-0.2, -0.15) is 0 Å². The van der Waals surface area contributed by atoms with Crippen LogP contribution in [-0.4, -0.2) is 66.9 Å². The summed E-state index contributed by atoms with van der Waals surface area (Å²) in [6.07, 6.45) is 1.20. The Kier molecular flexibility index (Phi) is 10.6. The fourth-order valence-corrected chi connectivity index (χ4v) is 4.46. The van der Waals surface area contributed by atoms with Crippen LogP contribution in [0.5, 0.6) is 11.5 Å². The van der Waals surface area contributed by atoms with Crippen LogP contribution in [0, 0.1) is 0 Å². The normalized spacial score (nSPS) is 13.9. The highest BCUT2D eigenvalue weighted by Crippen LogP contribution is 2.34. The Labute approximate surface area is 239 Å². The van der Waals surface area contributed by atoms with Crippen molar-refractivity contribution in [2.45, 2.75) is 26.9 Å². The van der Waals surface area contributed by atoms with Crippen molar-refractivity contribution < 1.29 is 42.9 Å². The zero-order valence-corrected chi connectivity index (χ0v) is 23.7. The summed E-state index contributed by atoms with van der Waals surface area (Å²) in [6.45, 7) is 4.40. The van der Waals surface area contributed by atoms with Gasteiger partial charge in [-0.1, -0.05) is 17.7 Å². The Morgan fingerprint density at radius 1 is 1.10 bits per heavy atom. The van der Waals surface area contributed by atoms with Crippen LogP contribution >= 0.6 is 23.4 Å². The van der Waals surface area contributed by atoms with Gasteiger partial charge in [0.15, 0.2) is 18.1 Å². The molecule has 212 valence electrons. The number of halogens is 1. The Bertz CT molecular complexity index is 1360. The number of nitrogens with zero attached hydrogens (tertiary/aromatic N) is 1. The van der Waals surface area contributed by atoms with E-state index < -0.39 is 35.5 Å². The van der Waals surface area contributed by atoms with Crippen molar-refractivity contribution in [3.05, 3.63) is 57.5 Å². The Hall–Kier alpha value is -4.03. The van der Waals surface area contributed by atoms with E-state index in [0.717, 1.165) is 4.90 Å². The summed E-state index contributed by atoms with van der Waals surface area (Å²) in [5, 5.41) is 2.08. The molecule has 1 aliphatic rings. The molecule has 0 saturated carbocycles. The first kappa shape index (κ1) is 30.5. The molecule has 1 saturated heterocycles. The van der Waals surface area contributed by atoms with E-state index in [1.54, 1.807) is 39.0 Å². The van der Waals surface area contributed by atoms with Crippen molar-refractivity contribution >= 4 is 64.1 Å². The van der Waals surface area contributed by atoms with Crippen molar-refractivity contribution in [1.82, 2.24) is 4.90 Å². The fraction of sp³-hybridized carbons (Fsp3) is 0.296. The quantitative estimate of drug-likeness (QED) is 0.293. The number of carbonyl (C=O) groups is 5. The molecular weight excluding hydrogens is 564 g/mol. The van der Waals surface area contributed by atoms with Gasteiger partial charge in [0.25, 0.3) is 11.1 Å². The molecule has 13 heteroatoms. The van der Waals surface area contributed by atoms with Gasteiger partial charge in [0, 0.05) is 5.69 Å². The zero-order valence-electron chi connectivity index (χ0n) is 22.1. The number of thioether (sulfide) groups is 1. The van der Waals surface area contributed by atoms with Crippen LogP contribution in [-0.2, 0) is 23.9 Å². The average molecular weight is 591 g/mol. The van der Waals surface area contributed by atoms with Gasteiger partial charge in [0.2, 0.25) is 5.91 Å². The number of rotatable bonds is 11. The largest absolute Gasteiger partial charge is 0.493 e. The van der Waals surface area contributed by atoms with E-state index in [-0.39, 0.29) is 40.5 Å². The average Bonchev–Trinajstić information content (AvgIpc) is 3.15. The van der Waals surface area contributed by atoms with Crippen LogP contribution in [0.1, 0.15) is 36.7 Å². The maximum atomic E-state index is 12.9. The van der Waals surface area contributed by atoms with E-state index in [1.807, 2.05) is 0 Å². The van der Waals surface area contributed by atoms with Gasteiger partial charge in [-0.3, -0.25) is 19.3 Å². The zero-order chi connectivity index (χ0) is 29.4. The number of amides is 3. The SMILES string of the molecule is CCOC(=O)c1cc(NC(=O)CN2C(=O)S/C(=C\c3ccc(OCC(=O)OC(C)C)c(OC)c3)C2=O)ccc1Cl. The number of nitrogens with one attached hydrogen (secondary N) is 1. The molecule has 0 aromatic heterocycles. The predicted molar refractivity (Wildman–Crippen MR) is 148 cm³/mol. The minimum absolute atomic E-state index is 0.0674. The monoisotopic (exact) mass is 590 g/mol. The number of carbonyl (C=O) groups excluding carboxylic acids is 5. The van der Waals surface area contributed by atoms with Crippen LogP contribution in [0.3, 0.4) is 0 Å². The first-order chi connectivity index (χ1) is 19.0. The number of anilines is 1. The number of methoxy groups -OCH3 is 1. The van der Waals surface area contributed by atoms with E-state index in [4.69, 9.17) is 30.5 Å². The molecule has 0 bridgehead atoms. The standard InChI is InChI=1S/C27H27ClN2O9S/c1-5-37-26(34)18-12-17(7-8-19(18)28)29-23(31)13-30-25(33)22(40-27(30)35)11-16-6-9-20(21(10-16)36-4)38-14-24(32)39-15(2)3/h6-12,15H,5,13-14H2,1-4H3,(H,29,31)/b22-11-. The lowest BCUT2D eigenvalue weighted by atomic mass is 10.2. The molecule has 1 fully saturated rings. The highest BCUT2D eigenvalue weighted by molar-refractivity contribution is 8.18. The van der Waals surface area contributed by atoms with Crippen molar-refractivity contribution in [3.63, 3.8) is 0 Å². The van der Waals surface area contributed by atoms with Crippen LogP contribution in [0.15, 0.2) is 41.3 Å². The molecule has 0 atom stereocenters. The molecule has 3 rings (SSSR count). The highest BCUT2D eigenvalue weighted by Gasteiger charge is 2.36. The Morgan fingerprint density at radius 3 is 2.52 bits per heavy atom. The van der Waals surface area contributed by atoms with E-state index in [0.29, 0.717) is 28.8 Å². The maximum Gasteiger partial charge on any atom is 0.344 e. The minimum Gasteiger partial charge on any atom is -0.493 e. The van der Waals surface area contributed by atoms with Crippen LogP contribution in [0.2, 0.25) is 5.02 Å². The topological polar surface area (TPSA) is 138 Å². The molecule has 0 spiro atoms. The molecule has 2 aromatic rings. The lowest BCUT2D eigenvalue weighted by Crippen LogP contribution is -2.36. The van der Waals surface area contributed by atoms with Gasteiger partial charge in [0.1, 0.15) is 6.54 Å². The smallest absolute Gasteiger partial charge is 0.344 e. The second-order valence-electron chi connectivity index (χ2n) is 8.47. The summed E-state index contributed by atoms with van der Waals surface area (Å²) in [5.74, 6) is -1.89. The third-order valence-corrected chi connectivity index (χ3v) is 6.36. The number of hydrogen-bond donors (Lipinski definition) is 1. The first-order valence-corrected chi connectivity index (χ1v) is 13.2. The number of ether oxygens (including phenoxy) is 4. The number of hydrogen-bond acceptors (Lipinski definition) is 10. The summed E-state index contributed by atoms with van der Waals surface area (Å²) in [5.41, 5.74) is 0.834. The van der Waals surface area contributed by atoms with E-state index >= 15 is 0 Å². The van der Waals surface area contributed by atoms with E-state index in [9.17, 15) is 24.0 Å². The third kappa shape index (κ3) is 7.99. The second kappa shape index (κ2) is 13.9. The summed E-state index contributed by atoms with van der Waals surface area (Å²) in [7, 11) is 1.42. The fourth-order valence-electron chi connectivity index (χ4n) is 3.43. The molecule has 0 unspecified atom stereocenters. The molecule has 1 heterocycles. The van der Waals surface area contributed by atoms with Crippen LogP contribution in [0.25, 0.3) is 6.08 Å². The van der Waals surface area contributed by atoms with Gasteiger partial charge in [-0.25, -0.2) is 9.59 Å². The summed E-state index contributed by atoms with van der Waals surface area (Å²) in [6, 6.07) is 9.00. The number of benzene rings is 2. The first-order valence-electron chi connectivity index (χ1n) is 12.0. The minimum atomic E-state index is -0.653. The Balaban J connectivity index is 1.67. The third-order valence-electron chi connectivity index (χ3n) is 5.12. The molecule has 40 heavy (non-hydrogen) atoms. The Morgan fingerprint density at radius 2 is 1.85 bits per heavy atom. The van der Waals surface area contributed by atoms with Crippen molar-refractivity contribution in [2.24, 2.45) is 0 Å². The van der Waals surface area contributed by atoms with Gasteiger partial charge in [0.05, 0.1) is 35.3 Å². The highest BCUT2D eigenvalue weighted by atomic mass is 35.5. The van der Waals surface area contributed by atoms with Gasteiger partial charge in [-0.05, 0) is 74.5 Å². The van der Waals surface area contributed by atoms with Crippen LogP contribution in [0.4, 0.5) is 10.5 Å². The lowest BCUT2D eigenvalue weighted by Gasteiger charge is -2.13. The van der Waals surface area contributed by atoms with Gasteiger partial charge in [-0.15, -0.1) is 0 Å².